The standard InChI is InChI=1S/C19H32N4O/c1-22(16-17-24-2)13-9-12-20-19(23-14-7-4-8-15-23)21-18-10-5-3-6-11-18/h3,5-6,10-11H,4,7-9,12-17H2,1-2H3,(H,20,21). The van der Waals surface area contributed by atoms with Crippen molar-refractivity contribution in [2.24, 2.45) is 4.99 Å². The van der Waals surface area contributed by atoms with Crippen LogP contribution in [0, 0.1) is 0 Å². The summed E-state index contributed by atoms with van der Waals surface area (Å²) in [6, 6.07) is 10.3. The predicted molar refractivity (Wildman–Crippen MR) is 102 cm³/mol. The van der Waals surface area contributed by atoms with Crippen LogP contribution >= 0.6 is 0 Å². The van der Waals surface area contributed by atoms with Crippen molar-refractivity contribution in [1.29, 1.82) is 0 Å². The lowest BCUT2D eigenvalue weighted by Crippen LogP contribution is -2.40. The Morgan fingerprint density at radius 3 is 2.62 bits per heavy atom. The van der Waals surface area contributed by atoms with E-state index in [0.717, 1.165) is 57.4 Å². The second-order valence-corrected chi connectivity index (χ2v) is 6.39. The summed E-state index contributed by atoms with van der Waals surface area (Å²) in [5.74, 6) is 1.03. The lowest BCUT2D eigenvalue weighted by atomic mass is 10.1. The number of nitrogens with one attached hydrogen (secondary N) is 1. The van der Waals surface area contributed by atoms with Crippen molar-refractivity contribution in [3.8, 4) is 0 Å². The highest BCUT2D eigenvalue weighted by atomic mass is 16.5. The number of piperidine rings is 1. The average molecular weight is 332 g/mol. The Morgan fingerprint density at radius 1 is 1.17 bits per heavy atom. The Labute approximate surface area is 146 Å². The van der Waals surface area contributed by atoms with Gasteiger partial charge in [-0.05, 0) is 51.4 Å². The molecular weight excluding hydrogens is 300 g/mol. The number of likely N-dealkylation sites (N-methyl/N-ethyl adjacent to an activating group) is 1. The van der Waals surface area contributed by atoms with E-state index in [-0.39, 0.29) is 0 Å². The molecular formula is C19H32N4O. The fourth-order valence-corrected chi connectivity index (χ4v) is 2.86. The molecule has 0 radical (unpaired) electrons. The molecule has 1 heterocycles. The summed E-state index contributed by atoms with van der Waals surface area (Å²) in [6.45, 7) is 5.86. The van der Waals surface area contributed by atoms with Crippen LogP contribution in [0.5, 0.6) is 0 Å². The molecule has 0 spiro atoms. The van der Waals surface area contributed by atoms with Gasteiger partial charge in [0.15, 0.2) is 5.96 Å². The van der Waals surface area contributed by atoms with Crippen LogP contribution in [0.15, 0.2) is 35.3 Å². The number of para-hydroxylation sites is 1. The van der Waals surface area contributed by atoms with Gasteiger partial charge in [0.2, 0.25) is 0 Å². The van der Waals surface area contributed by atoms with Gasteiger partial charge < -0.3 is 19.9 Å². The first-order chi connectivity index (χ1) is 11.8. The van der Waals surface area contributed by atoms with Gasteiger partial charge in [-0.3, -0.25) is 4.99 Å². The van der Waals surface area contributed by atoms with Gasteiger partial charge >= 0.3 is 0 Å². The Hall–Kier alpha value is -1.59. The number of anilines is 1. The van der Waals surface area contributed by atoms with Crippen LogP contribution in [0.25, 0.3) is 0 Å². The van der Waals surface area contributed by atoms with Crippen LogP contribution in [0.4, 0.5) is 5.69 Å². The van der Waals surface area contributed by atoms with E-state index in [0.29, 0.717) is 0 Å². The minimum Gasteiger partial charge on any atom is -0.383 e. The van der Waals surface area contributed by atoms with E-state index in [2.05, 4.69) is 46.4 Å². The number of rotatable bonds is 8. The number of ether oxygens (including phenoxy) is 1. The first-order valence-corrected chi connectivity index (χ1v) is 9.08. The van der Waals surface area contributed by atoms with Crippen molar-refractivity contribution in [3.05, 3.63) is 30.3 Å². The van der Waals surface area contributed by atoms with E-state index >= 15 is 0 Å². The molecule has 0 saturated carbocycles. The Bertz CT molecular complexity index is 472. The molecule has 1 fully saturated rings. The van der Waals surface area contributed by atoms with E-state index < -0.39 is 0 Å². The molecule has 5 heteroatoms. The van der Waals surface area contributed by atoms with Gasteiger partial charge in [0, 0.05) is 39.0 Å². The lowest BCUT2D eigenvalue weighted by molar-refractivity contribution is 0.161. The SMILES string of the molecule is COCCN(C)CCCN=C(Nc1ccccc1)N1CCCCC1. The number of methoxy groups -OCH3 is 1. The van der Waals surface area contributed by atoms with Gasteiger partial charge in [-0.15, -0.1) is 0 Å². The molecule has 2 rings (SSSR count). The summed E-state index contributed by atoms with van der Waals surface area (Å²) in [5.41, 5.74) is 1.11. The van der Waals surface area contributed by atoms with Gasteiger partial charge in [0.05, 0.1) is 6.61 Å². The summed E-state index contributed by atoms with van der Waals surface area (Å²) in [5, 5.41) is 3.51. The van der Waals surface area contributed by atoms with E-state index in [9.17, 15) is 0 Å². The molecule has 0 unspecified atom stereocenters. The summed E-state index contributed by atoms with van der Waals surface area (Å²) < 4.78 is 5.12. The molecule has 1 N–H and O–H groups in total. The zero-order valence-electron chi connectivity index (χ0n) is 15.2. The maximum atomic E-state index is 5.12. The number of benzene rings is 1. The van der Waals surface area contributed by atoms with Crippen molar-refractivity contribution < 1.29 is 4.74 Å². The number of hydrogen-bond acceptors (Lipinski definition) is 3. The van der Waals surface area contributed by atoms with Crippen LogP contribution in [-0.2, 0) is 4.74 Å². The van der Waals surface area contributed by atoms with E-state index in [1.807, 2.05) is 6.07 Å². The van der Waals surface area contributed by atoms with E-state index in [1.54, 1.807) is 7.11 Å². The zero-order valence-corrected chi connectivity index (χ0v) is 15.2. The lowest BCUT2D eigenvalue weighted by Gasteiger charge is -2.30. The average Bonchev–Trinajstić information content (AvgIpc) is 2.64. The third-order valence-electron chi connectivity index (χ3n) is 4.32. The summed E-state index contributed by atoms with van der Waals surface area (Å²) in [7, 11) is 3.88. The van der Waals surface area contributed by atoms with E-state index in [1.165, 1.54) is 19.3 Å². The van der Waals surface area contributed by atoms with Crippen LogP contribution in [0.3, 0.4) is 0 Å². The Balaban J connectivity index is 1.87. The third kappa shape index (κ3) is 6.89. The molecule has 0 aliphatic carbocycles. The van der Waals surface area contributed by atoms with Crippen molar-refractivity contribution in [2.45, 2.75) is 25.7 Å². The number of guanidine groups is 1. The quantitative estimate of drug-likeness (QED) is 0.451. The second-order valence-electron chi connectivity index (χ2n) is 6.39. The molecule has 1 saturated heterocycles. The molecule has 1 aliphatic heterocycles. The molecule has 0 amide bonds. The summed E-state index contributed by atoms with van der Waals surface area (Å²) in [6.07, 6.45) is 4.91. The monoisotopic (exact) mass is 332 g/mol. The molecule has 0 bridgehead atoms. The Morgan fingerprint density at radius 2 is 1.92 bits per heavy atom. The van der Waals surface area contributed by atoms with Crippen LogP contribution in [0.1, 0.15) is 25.7 Å². The topological polar surface area (TPSA) is 40.1 Å². The molecule has 0 aromatic heterocycles. The smallest absolute Gasteiger partial charge is 0.198 e. The highest BCUT2D eigenvalue weighted by molar-refractivity contribution is 5.93. The van der Waals surface area contributed by atoms with Gasteiger partial charge in [0.25, 0.3) is 0 Å². The van der Waals surface area contributed by atoms with Crippen molar-refractivity contribution in [2.75, 3.05) is 58.8 Å². The molecule has 5 nitrogen and oxygen atoms in total. The third-order valence-corrected chi connectivity index (χ3v) is 4.32. The number of nitrogens with zero attached hydrogens (tertiary/aromatic N) is 3. The number of likely N-dealkylation sites (tertiary alicyclic amines) is 1. The maximum absolute atomic E-state index is 5.12. The molecule has 24 heavy (non-hydrogen) atoms. The second kappa shape index (κ2) is 11.0. The summed E-state index contributed by atoms with van der Waals surface area (Å²) >= 11 is 0. The van der Waals surface area contributed by atoms with Gasteiger partial charge in [-0.25, -0.2) is 0 Å². The van der Waals surface area contributed by atoms with Crippen LogP contribution in [-0.4, -0.2) is 69.2 Å². The fourth-order valence-electron chi connectivity index (χ4n) is 2.86. The van der Waals surface area contributed by atoms with Crippen molar-refractivity contribution >= 4 is 11.6 Å². The first kappa shape index (κ1) is 18.7. The zero-order chi connectivity index (χ0) is 17.0. The van der Waals surface area contributed by atoms with E-state index in [4.69, 9.17) is 9.73 Å². The minimum atomic E-state index is 0.786. The molecule has 1 aliphatic rings. The van der Waals surface area contributed by atoms with Crippen molar-refractivity contribution in [3.63, 3.8) is 0 Å². The van der Waals surface area contributed by atoms with Crippen molar-refractivity contribution in [1.82, 2.24) is 9.80 Å². The minimum absolute atomic E-state index is 0.786. The number of aliphatic imine (C=N–C) groups is 1. The predicted octanol–water partition coefficient (Wildman–Crippen LogP) is 2.91. The molecule has 1 aromatic carbocycles. The fraction of sp³-hybridized carbons (Fsp3) is 0.632. The van der Waals surface area contributed by atoms with Gasteiger partial charge in [-0.2, -0.15) is 0 Å². The van der Waals surface area contributed by atoms with Gasteiger partial charge in [-0.1, -0.05) is 18.2 Å². The normalized spacial score (nSPS) is 15.8. The first-order valence-electron chi connectivity index (χ1n) is 9.08. The maximum Gasteiger partial charge on any atom is 0.198 e. The molecule has 1 aromatic rings. The van der Waals surface area contributed by atoms with Gasteiger partial charge in [0.1, 0.15) is 0 Å². The highest BCUT2D eigenvalue weighted by Crippen LogP contribution is 2.12. The Kier molecular flexibility index (Phi) is 8.63. The number of hydrogen-bond donors (Lipinski definition) is 1. The van der Waals surface area contributed by atoms with Crippen LogP contribution in [0.2, 0.25) is 0 Å². The van der Waals surface area contributed by atoms with Crippen LogP contribution < -0.4 is 5.32 Å². The molecule has 0 atom stereocenters. The largest absolute Gasteiger partial charge is 0.383 e. The molecule has 134 valence electrons. The summed E-state index contributed by atoms with van der Waals surface area (Å²) in [4.78, 5) is 9.56. The highest BCUT2D eigenvalue weighted by Gasteiger charge is 2.14.